The molecule has 0 radical (unpaired) electrons. The Balaban J connectivity index is 3.54. The highest BCUT2D eigenvalue weighted by molar-refractivity contribution is 7.86. The molecule has 0 saturated heterocycles. The maximum atomic E-state index is 11.4. The van der Waals surface area contributed by atoms with Crippen LogP contribution in [0, 0.1) is 0 Å². The Morgan fingerprint density at radius 3 is 2.18 bits per heavy atom. The van der Waals surface area contributed by atoms with E-state index in [1.807, 2.05) is 20.8 Å². The summed E-state index contributed by atoms with van der Waals surface area (Å²) in [6, 6.07) is 0. The number of unbranched alkanes of at least 4 members (excludes halogenated alkanes) is 1. The Bertz CT molecular complexity index is 127. The third-order valence-electron chi connectivity index (χ3n) is 1.42. The van der Waals surface area contributed by atoms with Crippen LogP contribution in [0.2, 0.25) is 0 Å². The van der Waals surface area contributed by atoms with E-state index in [4.69, 9.17) is 5.11 Å². The van der Waals surface area contributed by atoms with Crippen molar-refractivity contribution in [2.24, 2.45) is 0 Å². The zero-order valence-electron chi connectivity index (χ0n) is 7.59. The van der Waals surface area contributed by atoms with Gasteiger partial charge in [-0.15, -0.1) is 0 Å². The lowest BCUT2D eigenvalue weighted by molar-refractivity contribution is 0.287. The lowest BCUT2D eigenvalue weighted by Gasteiger charge is -2.17. The molecule has 0 bridgehead atoms. The third kappa shape index (κ3) is 5.39. The highest BCUT2D eigenvalue weighted by Crippen LogP contribution is 2.12. The van der Waals surface area contributed by atoms with Crippen LogP contribution in [0.15, 0.2) is 0 Å². The van der Waals surface area contributed by atoms with Crippen molar-refractivity contribution in [2.75, 3.05) is 12.4 Å². The summed E-state index contributed by atoms with van der Waals surface area (Å²) in [7, 11) is -0.750. The summed E-state index contributed by atoms with van der Waals surface area (Å²) in [5, 5.41) is 8.48. The van der Waals surface area contributed by atoms with E-state index in [2.05, 4.69) is 0 Å². The molecule has 1 unspecified atom stereocenters. The van der Waals surface area contributed by atoms with Crippen molar-refractivity contribution in [3.8, 4) is 0 Å². The molecule has 2 nitrogen and oxygen atoms in total. The molecule has 0 aliphatic carbocycles. The van der Waals surface area contributed by atoms with Crippen molar-refractivity contribution in [3.05, 3.63) is 0 Å². The fourth-order valence-corrected chi connectivity index (χ4v) is 1.73. The van der Waals surface area contributed by atoms with Crippen LogP contribution >= 0.6 is 0 Å². The third-order valence-corrected chi connectivity index (χ3v) is 3.45. The molecule has 3 heteroatoms. The van der Waals surface area contributed by atoms with E-state index in [-0.39, 0.29) is 11.4 Å². The number of hydrogen-bond donors (Lipinski definition) is 1. The van der Waals surface area contributed by atoms with Crippen LogP contribution in [0.1, 0.15) is 33.6 Å². The summed E-state index contributed by atoms with van der Waals surface area (Å²) in [6.07, 6.45) is 1.63. The van der Waals surface area contributed by atoms with E-state index in [0.717, 1.165) is 12.8 Å². The summed E-state index contributed by atoms with van der Waals surface area (Å²) in [5.74, 6) is 0.712. The molecule has 1 N–H and O–H groups in total. The van der Waals surface area contributed by atoms with Crippen LogP contribution in [0.3, 0.4) is 0 Å². The Labute approximate surface area is 71.5 Å². The van der Waals surface area contributed by atoms with Crippen LogP contribution in [0.4, 0.5) is 0 Å². The van der Waals surface area contributed by atoms with Gasteiger partial charge in [0.2, 0.25) is 0 Å². The SMILES string of the molecule is CC(C)(C)S(=O)CCCCO. The van der Waals surface area contributed by atoms with Gasteiger partial charge in [-0.3, -0.25) is 4.21 Å². The zero-order chi connectivity index (χ0) is 8.91. The molecule has 0 rings (SSSR count). The summed E-state index contributed by atoms with van der Waals surface area (Å²) in [5.41, 5.74) is 0. The average Bonchev–Trinajstić information content (AvgIpc) is 1.86. The van der Waals surface area contributed by atoms with E-state index in [1.54, 1.807) is 0 Å². The number of rotatable bonds is 4. The molecule has 0 saturated carbocycles. The van der Waals surface area contributed by atoms with Gasteiger partial charge >= 0.3 is 0 Å². The molecule has 0 heterocycles. The highest BCUT2D eigenvalue weighted by Gasteiger charge is 2.18. The van der Waals surface area contributed by atoms with Crippen molar-refractivity contribution >= 4 is 10.8 Å². The molecule has 1 atom stereocenters. The molecule has 68 valence electrons. The van der Waals surface area contributed by atoms with Crippen molar-refractivity contribution in [1.82, 2.24) is 0 Å². The Morgan fingerprint density at radius 2 is 1.82 bits per heavy atom. The number of aliphatic hydroxyl groups excluding tert-OH is 1. The summed E-state index contributed by atoms with van der Waals surface area (Å²) < 4.78 is 11.3. The lowest BCUT2D eigenvalue weighted by atomic mass is 10.3. The molecule has 11 heavy (non-hydrogen) atoms. The van der Waals surface area contributed by atoms with Gasteiger partial charge in [-0.05, 0) is 33.6 Å². The number of aliphatic hydroxyl groups is 1. The zero-order valence-corrected chi connectivity index (χ0v) is 8.41. The molecule has 0 aromatic carbocycles. The molecule has 0 aromatic rings. The summed E-state index contributed by atoms with van der Waals surface area (Å²) in [4.78, 5) is 0. The standard InChI is InChI=1S/C8H18O2S/c1-8(2,3)11(10)7-5-4-6-9/h9H,4-7H2,1-3H3. The van der Waals surface area contributed by atoms with Gasteiger partial charge in [0.25, 0.3) is 0 Å². The van der Waals surface area contributed by atoms with Crippen LogP contribution < -0.4 is 0 Å². The minimum atomic E-state index is -0.750. The van der Waals surface area contributed by atoms with Gasteiger partial charge in [0.05, 0.1) is 0 Å². The molecule has 0 spiro atoms. The smallest absolute Gasteiger partial charge is 0.0431 e. The van der Waals surface area contributed by atoms with Gasteiger partial charge < -0.3 is 5.11 Å². The first-order chi connectivity index (χ1) is 4.98. The molecule has 0 amide bonds. The minimum Gasteiger partial charge on any atom is -0.396 e. The second kappa shape index (κ2) is 4.88. The second-order valence-corrected chi connectivity index (χ2v) is 5.92. The second-order valence-electron chi connectivity index (χ2n) is 3.59. The van der Waals surface area contributed by atoms with Crippen molar-refractivity contribution in [3.63, 3.8) is 0 Å². The van der Waals surface area contributed by atoms with Gasteiger partial charge in [0, 0.05) is 27.9 Å². The predicted molar refractivity (Wildman–Crippen MR) is 49.1 cm³/mol. The Hall–Kier alpha value is 0.110. The topological polar surface area (TPSA) is 37.3 Å². The van der Waals surface area contributed by atoms with Crippen molar-refractivity contribution in [2.45, 2.75) is 38.4 Å². The Morgan fingerprint density at radius 1 is 1.27 bits per heavy atom. The van der Waals surface area contributed by atoms with Crippen LogP contribution in [-0.2, 0) is 10.8 Å². The van der Waals surface area contributed by atoms with E-state index in [0.29, 0.717) is 5.75 Å². The maximum Gasteiger partial charge on any atom is 0.0431 e. The summed E-state index contributed by atoms with van der Waals surface area (Å²) in [6.45, 7) is 6.13. The van der Waals surface area contributed by atoms with Crippen molar-refractivity contribution in [1.29, 1.82) is 0 Å². The molecular weight excluding hydrogens is 160 g/mol. The average molecular weight is 178 g/mol. The number of hydrogen-bond acceptors (Lipinski definition) is 2. The summed E-state index contributed by atoms with van der Waals surface area (Å²) >= 11 is 0. The molecule has 0 aromatic heterocycles. The van der Waals surface area contributed by atoms with Gasteiger partial charge in [0.1, 0.15) is 0 Å². The van der Waals surface area contributed by atoms with Gasteiger partial charge in [-0.1, -0.05) is 0 Å². The van der Waals surface area contributed by atoms with E-state index >= 15 is 0 Å². The largest absolute Gasteiger partial charge is 0.396 e. The quantitative estimate of drug-likeness (QED) is 0.659. The maximum absolute atomic E-state index is 11.4. The molecule has 0 fully saturated rings. The fourth-order valence-electron chi connectivity index (χ4n) is 0.651. The van der Waals surface area contributed by atoms with Crippen LogP contribution in [0.5, 0.6) is 0 Å². The van der Waals surface area contributed by atoms with Gasteiger partial charge in [-0.2, -0.15) is 0 Å². The van der Waals surface area contributed by atoms with E-state index < -0.39 is 10.8 Å². The first-order valence-electron chi connectivity index (χ1n) is 3.98. The van der Waals surface area contributed by atoms with E-state index in [1.165, 1.54) is 0 Å². The van der Waals surface area contributed by atoms with Crippen LogP contribution in [0.25, 0.3) is 0 Å². The van der Waals surface area contributed by atoms with Crippen LogP contribution in [-0.4, -0.2) is 26.4 Å². The molecule has 0 aliphatic rings. The minimum absolute atomic E-state index is 0.102. The van der Waals surface area contributed by atoms with E-state index in [9.17, 15) is 4.21 Å². The first kappa shape index (κ1) is 11.1. The normalized spacial score (nSPS) is 14.9. The lowest BCUT2D eigenvalue weighted by Crippen LogP contribution is -2.24. The van der Waals surface area contributed by atoms with Gasteiger partial charge in [0.15, 0.2) is 0 Å². The first-order valence-corrected chi connectivity index (χ1v) is 5.29. The highest BCUT2D eigenvalue weighted by atomic mass is 32.2. The molecular formula is C8H18O2S. The molecule has 0 aliphatic heterocycles. The monoisotopic (exact) mass is 178 g/mol. The fraction of sp³-hybridized carbons (Fsp3) is 1.00. The van der Waals surface area contributed by atoms with Crippen molar-refractivity contribution < 1.29 is 9.32 Å². The predicted octanol–water partition coefficient (Wildman–Crippen LogP) is 1.31. The Kier molecular flexibility index (Phi) is 4.93. The van der Waals surface area contributed by atoms with Gasteiger partial charge in [-0.25, -0.2) is 0 Å².